The molecule has 2 nitrogen and oxygen atoms in total. The molecule has 0 aromatic heterocycles. The molecule has 1 aromatic carbocycles. The van der Waals surface area contributed by atoms with Crippen LogP contribution in [0.3, 0.4) is 0 Å². The molecular formula is C16H23NO. The van der Waals surface area contributed by atoms with Crippen LogP contribution in [-0.4, -0.2) is 12.6 Å². The van der Waals surface area contributed by atoms with Crippen LogP contribution in [0.4, 0.5) is 0 Å². The Morgan fingerprint density at radius 2 is 1.94 bits per heavy atom. The zero-order chi connectivity index (χ0) is 13.0. The maximum atomic E-state index is 5.54. The topological polar surface area (TPSA) is 21.3 Å². The third-order valence-electron chi connectivity index (χ3n) is 5.28. The number of fused-ring (bicyclic) bond motifs is 1. The van der Waals surface area contributed by atoms with Crippen molar-refractivity contribution in [2.45, 2.75) is 46.7 Å². The average molecular weight is 245 g/mol. The third kappa shape index (κ3) is 1.66. The van der Waals surface area contributed by atoms with Gasteiger partial charge in [-0.3, -0.25) is 0 Å². The van der Waals surface area contributed by atoms with Crippen molar-refractivity contribution in [3.63, 3.8) is 0 Å². The van der Waals surface area contributed by atoms with Crippen LogP contribution in [0.5, 0.6) is 5.75 Å². The first kappa shape index (κ1) is 12.0. The highest BCUT2D eigenvalue weighted by Crippen LogP contribution is 2.62. The average Bonchev–Trinajstić information content (AvgIpc) is 2.70. The summed E-state index contributed by atoms with van der Waals surface area (Å²) in [5.74, 6) is 1.07. The number of hydrogen-bond acceptors (Lipinski definition) is 2. The number of nitrogens with one attached hydrogen (secondary N) is 1. The Labute approximate surface area is 110 Å². The van der Waals surface area contributed by atoms with Gasteiger partial charge in [-0.1, -0.05) is 39.8 Å². The lowest BCUT2D eigenvalue weighted by Crippen LogP contribution is -2.21. The highest BCUT2D eigenvalue weighted by molar-refractivity contribution is 5.39. The van der Waals surface area contributed by atoms with Crippen LogP contribution in [0.15, 0.2) is 18.2 Å². The molecule has 1 aliphatic heterocycles. The summed E-state index contributed by atoms with van der Waals surface area (Å²) in [7, 11) is 0. The number of ether oxygens (including phenoxy) is 1. The van der Waals surface area contributed by atoms with E-state index >= 15 is 0 Å². The van der Waals surface area contributed by atoms with Crippen LogP contribution >= 0.6 is 0 Å². The summed E-state index contributed by atoms with van der Waals surface area (Å²) in [6.07, 6.45) is 1.06. The Kier molecular flexibility index (Phi) is 2.50. The molecule has 1 aliphatic carbocycles. The Balaban J connectivity index is 1.65. The van der Waals surface area contributed by atoms with E-state index < -0.39 is 0 Å². The molecule has 0 unspecified atom stereocenters. The van der Waals surface area contributed by atoms with E-state index in [9.17, 15) is 0 Å². The van der Waals surface area contributed by atoms with E-state index in [4.69, 9.17) is 4.74 Å². The van der Waals surface area contributed by atoms with Crippen LogP contribution in [0.1, 0.15) is 38.8 Å². The summed E-state index contributed by atoms with van der Waals surface area (Å²) in [6.45, 7) is 11.2. The van der Waals surface area contributed by atoms with Gasteiger partial charge in [0.2, 0.25) is 0 Å². The molecule has 18 heavy (non-hydrogen) atoms. The zero-order valence-electron chi connectivity index (χ0n) is 11.8. The van der Waals surface area contributed by atoms with Crippen LogP contribution in [-0.2, 0) is 13.0 Å². The molecule has 0 radical (unpaired) electrons. The second kappa shape index (κ2) is 3.74. The van der Waals surface area contributed by atoms with E-state index in [-0.39, 0.29) is 0 Å². The molecule has 1 aromatic rings. The van der Waals surface area contributed by atoms with Crippen molar-refractivity contribution >= 4 is 0 Å². The Morgan fingerprint density at radius 1 is 1.22 bits per heavy atom. The quantitative estimate of drug-likeness (QED) is 0.883. The third-order valence-corrected chi connectivity index (χ3v) is 5.28. The summed E-state index contributed by atoms with van der Waals surface area (Å²) < 4.78 is 5.54. The highest BCUT2D eigenvalue weighted by Gasteiger charge is 2.64. The Morgan fingerprint density at radius 3 is 2.61 bits per heavy atom. The highest BCUT2D eigenvalue weighted by atomic mass is 16.5. The van der Waals surface area contributed by atoms with E-state index in [1.165, 1.54) is 11.1 Å². The van der Waals surface area contributed by atoms with Crippen LogP contribution in [0, 0.1) is 10.8 Å². The van der Waals surface area contributed by atoms with Gasteiger partial charge in [-0.2, -0.15) is 0 Å². The van der Waals surface area contributed by atoms with E-state index in [0.717, 1.165) is 25.3 Å². The Hall–Kier alpha value is -1.02. The summed E-state index contributed by atoms with van der Waals surface area (Å²) in [5.41, 5.74) is 3.56. The maximum absolute atomic E-state index is 5.54. The molecular weight excluding hydrogens is 222 g/mol. The van der Waals surface area contributed by atoms with Gasteiger partial charge in [0.05, 0.1) is 6.61 Å². The molecule has 2 heteroatoms. The molecule has 0 spiro atoms. The second-order valence-electron chi connectivity index (χ2n) is 6.80. The van der Waals surface area contributed by atoms with Crippen molar-refractivity contribution in [1.82, 2.24) is 5.32 Å². The van der Waals surface area contributed by atoms with Gasteiger partial charge in [-0.05, 0) is 28.0 Å². The predicted octanol–water partition coefficient (Wildman–Crippen LogP) is 3.15. The molecule has 1 heterocycles. The number of benzene rings is 1. The van der Waals surface area contributed by atoms with E-state index in [0.29, 0.717) is 16.9 Å². The summed E-state index contributed by atoms with van der Waals surface area (Å²) >= 11 is 0. The minimum Gasteiger partial charge on any atom is -0.493 e. The zero-order valence-corrected chi connectivity index (χ0v) is 11.8. The van der Waals surface area contributed by atoms with Gasteiger partial charge in [0.1, 0.15) is 5.75 Å². The van der Waals surface area contributed by atoms with Crippen molar-refractivity contribution < 1.29 is 4.74 Å². The minimum absolute atomic E-state index is 0.410. The van der Waals surface area contributed by atoms with Crippen LogP contribution < -0.4 is 10.1 Å². The lowest BCUT2D eigenvalue weighted by Gasteiger charge is -2.08. The fourth-order valence-electron chi connectivity index (χ4n) is 3.28. The summed E-state index contributed by atoms with van der Waals surface area (Å²) in [4.78, 5) is 0. The first-order chi connectivity index (χ1) is 8.43. The number of rotatable bonds is 3. The lowest BCUT2D eigenvalue weighted by molar-refractivity contribution is 0.357. The van der Waals surface area contributed by atoms with E-state index in [1.54, 1.807) is 0 Å². The van der Waals surface area contributed by atoms with Crippen LogP contribution in [0.25, 0.3) is 0 Å². The van der Waals surface area contributed by atoms with E-state index in [2.05, 4.69) is 51.2 Å². The smallest absolute Gasteiger partial charge is 0.122 e. The molecule has 1 fully saturated rings. The molecule has 0 atom stereocenters. The van der Waals surface area contributed by atoms with Gasteiger partial charge in [-0.15, -0.1) is 0 Å². The van der Waals surface area contributed by atoms with Crippen LogP contribution in [0.2, 0.25) is 0 Å². The molecule has 98 valence electrons. The lowest BCUT2D eigenvalue weighted by atomic mass is 10.0. The van der Waals surface area contributed by atoms with Gasteiger partial charge < -0.3 is 10.1 Å². The van der Waals surface area contributed by atoms with E-state index in [1.807, 2.05) is 0 Å². The first-order valence-corrected chi connectivity index (χ1v) is 6.91. The minimum atomic E-state index is 0.410. The fraction of sp³-hybridized carbons (Fsp3) is 0.625. The fourth-order valence-corrected chi connectivity index (χ4v) is 3.28. The molecule has 2 aliphatic rings. The monoisotopic (exact) mass is 245 g/mol. The van der Waals surface area contributed by atoms with Gasteiger partial charge in [-0.25, -0.2) is 0 Å². The first-order valence-electron chi connectivity index (χ1n) is 6.91. The maximum Gasteiger partial charge on any atom is 0.122 e. The largest absolute Gasteiger partial charge is 0.493 e. The number of hydrogen-bond donors (Lipinski definition) is 1. The summed E-state index contributed by atoms with van der Waals surface area (Å²) in [5, 5.41) is 3.70. The standard InChI is InChI=1S/C16H23NO/c1-15(2)14(16(15,3)4)17-10-11-5-6-13-12(9-11)7-8-18-13/h5-6,9,14,17H,7-8,10H2,1-4H3. The molecule has 0 amide bonds. The van der Waals surface area contributed by atoms with Crippen molar-refractivity contribution in [2.24, 2.45) is 10.8 Å². The SMILES string of the molecule is CC1(C)C(NCc2ccc3c(c2)CCO3)C1(C)C. The van der Waals surface area contributed by atoms with Gasteiger partial charge in [0, 0.05) is 19.0 Å². The van der Waals surface area contributed by atoms with Crippen molar-refractivity contribution in [3.8, 4) is 5.75 Å². The molecule has 0 saturated heterocycles. The van der Waals surface area contributed by atoms with Gasteiger partial charge in [0.25, 0.3) is 0 Å². The van der Waals surface area contributed by atoms with Gasteiger partial charge in [0.15, 0.2) is 0 Å². The Bertz CT molecular complexity index is 462. The summed E-state index contributed by atoms with van der Waals surface area (Å²) in [6, 6.07) is 7.20. The normalized spacial score (nSPS) is 23.6. The second-order valence-corrected chi connectivity index (χ2v) is 6.80. The van der Waals surface area contributed by atoms with Crippen molar-refractivity contribution in [2.75, 3.05) is 6.61 Å². The van der Waals surface area contributed by atoms with Crippen molar-refractivity contribution in [3.05, 3.63) is 29.3 Å². The molecule has 1 saturated carbocycles. The molecule has 3 rings (SSSR count). The van der Waals surface area contributed by atoms with Crippen molar-refractivity contribution in [1.29, 1.82) is 0 Å². The van der Waals surface area contributed by atoms with Gasteiger partial charge >= 0.3 is 0 Å². The molecule has 0 bridgehead atoms. The predicted molar refractivity (Wildman–Crippen MR) is 73.8 cm³/mol. The molecule has 1 N–H and O–H groups in total.